The third-order valence-electron chi connectivity index (χ3n) is 7.96. The molecule has 0 unspecified atom stereocenters. The summed E-state index contributed by atoms with van der Waals surface area (Å²) in [4.78, 5) is 82.0. The molecular formula is C33H46N4O8. The first-order valence-corrected chi connectivity index (χ1v) is 15.5. The molecule has 2 rings (SSSR count). The van der Waals surface area contributed by atoms with Gasteiger partial charge in [-0.1, -0.05) is 58.0 Å². The highest BCUT2D eigenvalue weighted by Crippen LogP contribution is 2.29. The number of nitrogens with one attached hydrogen (secondary N) is 1. The lowest BCUT2D eigenvalue weighted by Crippen LogP contribution is -2.47. The monoisotopic (exact) mass is 626 g/mol. The van der Waals surface area contributed by atoms with E-state index >= 15 is 0 Å². The van der Waals surface area contributed by atoms with E-state index in [9.17, 15) is 28.8 Å². The number of ketones is 3. The molecule has 1 N–H and O–H groups in total. The first-order valence-electron chi connectivity index (χ1n) is 15.5. The van der Waals surface area contributed by atoms with E-state index in [-0.39, 0.29) is 55.8 Å². The van der Waals surface area contributed by atoms with E-state index in [2.05, 4.69) is 10.1 Å². The normalized spacial score (nSPS) is 16.3. The Morgan fingerprint density at radius 1 is 1.07 bits per heavy atom. The quantitative estimate of drug-likeness (QED) is 0.110. The Labute approximate surface area is 264 Å². The fourth-order valence-electron chi connectivity index (χ4n) is 5.56. The Morgan fingerprint density at radius 2 is 1.76 bits per heavy atom. The van der Waals surface area contributed by atoms with Crippen LogP contribution in [-0.2, 0) is 40.1 Å². The third kappa shape index (κ3) is 12.0. The molecule has 1 saturated heterocycles. The number of esters is 1. The zero-order valence-electron chi connectivity index (χ0n) is 26.9. The van der Waals surface area contributed by atoms with Crippen LogP contribution in [0.3, 0.4) is 0 Å². The van der Waals surface area contributed by atoms with Crippen LogP contribution in [-0.4, -0.2) is 77.0 Å². The molecule has 1 aromatic rings. The summed E-state index contributed by atoms with van der Waals surface area (Å²) >= 11 is 0. The van der Waals surface area contributed by atoms with Crippen molar-refractivity contribution < 1.29 is 43.0 Å². The van der Waals surface area contributed by atoms with E-state index in [0.717, 1.165) is 5.56 Å². The maximum absolute atomic E-state index is 13.9. The van der Waals surface area contributed by atoms with E-state index in [0.29, 0.717) is 32.0 Å². The number of alkyl carbamates (subject to hydrolysis) is 1. The number of rotatable bonds is 18. The number of ether oxygens (including phenoxy) is 2. The number of amides is 2. The Morgan fingerprint density at radius 3 is 2.36 bits per heavy atom. The number of nitrogens with zero attached hydrogens (tertiary/aromatic N) is 3. The third-order valence-corrected chi connectivity index (χ3v) is 7.96. The molecule has 0 bridgehead atoms. The minimum absolute atomic E-state index is 0.0326. The average Bonchev–Trinajstić information content (AvgIpc) is 3.50. The first-order chi connectivity index (χ1) is 21.4. The van der Waals surface area contributed by atoms with Crippen molar-refractivity contribution in [2.45, 2.75) is 91.3 Å². The Bertz CT molecular complexity index is 1240. The van der Waals surface area contributed by atoms with Crippen molar-refractivity contribution >= 4 is 41.5 Å². The van der Waals surface area contributed by atoms with Gasteiger partial charge in [0.05, 0.1) is 25.1 Å². The lowest BCUT2D eigenvalue weighted by atomic mass is 9.86. The molecule has 1 fully saturated rings. The number of hydrogen-bond acceptors (Lipinski definition) is 8. The van der Waals surface area contributed by atoms with E-state index in [1.165, 1.54) is 12.0 Å². The molecule has 1 aliphatic rings. The highest BCUT2D eigenvalue weighted by atomic mass is 16.5. The van der Waals surface area contributed by atoms with E-state index in [1.807, 2.05) is 19.9 Å². The minimum Gasteiger partial charge on any atom is -0.469 e. The molecule has 12 heteroatoms. The molecular weight excluding hydrogens is 580 g/mol. The van der Waals surface area contributed by atoms with Gasteiger partial charge in [0.2, 0.25) is 11.7 Å². The largest absolute Gasteiger partial charge is 0.469 e. The van der Waals surface area contributed by atoms with Crippen LogP contribution in [0.4, 0.5) is 4.79 Å². The summed E-state index contributed by atoms with van der Waals surface area (Å²) in [5.41, 5.74) is 9.41. The van der Waals surface area contributed by atoms with Gasteiger partial charge >= 0.3 is 18.3 Å². The summed E-state index contributed by atoms with van der Waals surface area (Å²) in [7, 11) is 1.29. The number of carbonyl (C=O) groups excluding carboxylic acids is 6. The van der Waals surface area contributed by atoms with Crippen LogP contribution in [0.2, 0.25) is 0 Å². The second kappa shape index (κ2) is 18.6. The van der Waals surface area contributed by atoms with Gasteiger partial charge in [-0.3, -0.25) is 24.0 Å². The smallest absolute Gasteiger partial charge is 0.408 e. The molecule has 0 aliphatic carbocycles. The van der Waals surface area contributed by atoms with Crippen LogP contribution in [0, 0.1) is 23.7 Å². The zero-order chi connectivity index (χ0) is 33.5. The van der Waals surface area contributed by atoms with Crippen molar-refractivity contribution in [2.75, 3.05) is 13.7 Å². The fraction of sp³-hybridized carbons (Fsp3) is 0.606. The molecule has 4 atom stereocenters. The molecule has 1 heterocycles. The van der Waals surface area contributed by atoms with Crippen LogP contribution in [0.1, 0.15) is 78.2 Å². The van der Waals surface area contributed by atoms with E-state index < -0.39 is 47.5 Å². The number of likely N-dealkylation sites (tertiary alicyclic amines) is 1. The van der Waals surface area contributed by atoms with E-state index in [4.69, 9.17) is 15.0 Å². The zero-order valence-corrected chi connectivity index (χ0v) is 26.9. The number of hydrogen-bond donors (Lipinski definition) is 1. The van der Waals surface area contributed by atoms with Crippen LogP contribution in [0.5, 0.6) is 0 Å². The summed E-state index contributed by atoms with van der Waals surface area (Å²) in [5.74, 6) is -3.55. The van der Waals surface area contributed by atoms with Gasteiger partial charge in [-0.25, -0.2) is 4.79 Å². The van der Waals surface area contributed by atoms with Crippen molar-refractivity contribution in [1.82, 2.24) is 10.2 Å². The van der Waals surface area contributed by atoms with Gasteiger partial charge in [0.25, 0.3) is 0 Å². The van der Waals surface area contributed by atoms with Crippen LogP contribution >= 0.6 is 0 Å². The minimum atomic E-state index is -1.15. The SMILES string of the molecule is COC(=O)[C@@H](CC(=O)[C@@H]1CCCN1C(=O)[C@@H](CC(=O)[C@H](CCC(=O)C=[N+]=[N-])NC(=O)OCc1ccccc1)C(C)C)CC(C)C. The van der Waals surface area contributed by atoms with Gasteiger partial charge in [-0.2, -0.15) is 4.79 Å². The molecule has 0 radical (unpaired) electrons. The molecule has 1 aliphatic heterocycles. The molecule has 1 aromatic carbocycles. The Hall–Kier alpha value is -4.18. The Balaban J connectivity index is 2.17. The highest BCUT2D eigenvalue weighted by molar-refractivity contribution is 6.25. The average molecular weight is 627 g/mol. The maximum Gasteiger partial charge on any atom is 0.408 e. The van der Waals surface area contributed by atoms with Crippen molar-refractivity contribution in [3.05, 3.63) is 41.4 Å². The topological polar surface area (TPSA) is 173 Å². The number of benzene rings is 1. The summed E-state index contributed by atoms with van der Waals surface area (Å²) in [5, 5.41) is 2.52. The van der Waals surface area contributed by atoms with Gasteiger partial charge < -0.3 is 25.2 Å². The predicted octanol–water partition coefficient (Wildman–Crippen LogP) is 3.95. The van der Waals surface area contributed by atoms with Crippen molar-refractivity contribution in [3.8, 4) is 0 Å². The molecule has 45 heavy (non-hydrogen) atoms. The van der Waals surface area contributed by atoms with Crippen molar-refractivity contribution in [3.63, 3.8) is 0 Å². The Kier molecular flexibility index (Phi) is 15.3. The van der Waals surface area contributed by atoms with Gasteiger partial charge in [-0.15, -0.1) is 0 Å². The summed E-state index contributed by atoms with van der Waals surface area (Å²) < 4.78 is 10.2. The van der Waals surface area contributed by atoms with Crippen LogP contribution in [0.15, 0.2) is 30.3 Å². The van der Waals surface area contributed by atoms with Gasteiger partial charge in [0.1, 0.15) is 6.61 Å². The molecule has 0 aromatic heterocycles. The number of methoxy groups -OCH3 is 1. The standard InChI is InChI=1S/C33H46N4O8/c1-21(2)16-24(32(42)44-5)17-30(40)28-12-9-15-37(28)31(41)26(22(3)4)18-29(39)27(14-13-25(38)19-35-34)36-33(43)45-20-23-10-7-6-8-11-23/h6-8,10-11,19,21-22,24,26-28H,9,12-18,20H2,1-5H3,(H,36,43)/t24-,26+,27+,28+/m1/s1. The lowest BCUT2D eigenvalue weighted by molar-refractivity contribution is -0.149. The van der Waals surface area contributed by atoms with Crippen LogP contribution in [0.25, 0.3) is 5.53 Å². The van der Waals surface area contributed by atoms with Crippen molar-refractivity contribution in [1.29, 1.82) is 0 Å². The predicted molar refractivity (Wildman–Crippen MR) is 165 cm³/mol. The lowest BCUT2D eigenvalue weighted by Gasteiger charge is -2.31. The molecule has 12 nitrogen and oxygen atoms in total. The van der Waals surface area contributed by atoms with Gasteiger partial charge in [-0.05, 0) is 43.1 Å². The number of carbonyl (C=O) groups is 6. The maximum atomic E-state index is 13.9. The number of Topliss-reactive ketones (excluding diaryl/α,β-unsaturated/α-hetero) is 3. The second-order valence-corrected chi connectivity index (χ2v) is 12.2. The second-order valence-electron chi connectivity index (χ2n) is 12.2. The molecule has 2 amide bonds. The van der Waals surface area contributed by atoms with Gasteiger partial charge in [0.15, 0.2) is 11.6 Å². The molecule has 0 saturated carbocycles. The summed E-state index contributed by atoms with van der Waals surface area (Å²) in [6.45, 7) is 7.83. The van der Waals surface area contributed by atoms with Crippen LogP contribution < -0.4 is 5.32 Å². The van der Waals surface area contributed by atoms with Gasteiger partial charge in [0, 0.05) is 31.7 Å². The first kappa shape index (κ1) is 37.0. The summed E-state index contributed by atoms with van der Waals surface area (Å²) in [6, 6.07) is 7.11. The highest BCUT2D eigenvalue weighted by Gasteiger charge is 2.40. The fourth-order valence-corrected chi connectivity index (χ4v) is 5.56. The molecule has 0 spiro atoms. The molecule has 246 valence electrons. The summed E-state index contributed by atoms with van der Waals surface area (Å²) in [6.07, 6.45) is 0.845. The van der Waals surface area contributed by atoms with Crippen molar-refractivity contribution in [2.24, 2.45) is 23.7 Å². The van der Waals surface area contributed by atoms with E-state index in [1.54, 1.807) is 38.1 Å².